The summed E-state index contributed by atoms with van der Waals surface area (Å²) in [6.45, 7) is 9.00. The Morgan fingerprint density at radius 1 is 0.730 bits per heavy atom. The number of thiazole rings is 1. The van der Waals surface area contributed by atoms with Gasteiger partial charge in [0, 0.05) is 28.8 Å². The lowest BCUT2D eigenvalue weighted by Gasteiger charge is -2.15. The van der Waals surface area contributed by atoms with E-state index in [1.807, 2.05) is 17.5 Å². The van der Waals surface area contributed by atoms with Gasteiger partial charge in [-0.05, 0) is 71.1 Å². The van der Waals surface area contributed by atoms with Crippen LogP contribution in [0.5, 0.6) is 0 Å². The molecule has 5 heteroatoms. The molecule has 2 unspecified atom stereocenters. The Bertz CT molecular complexity index is 1680. The lowest BCUT2D eigenvalue weighted by molar-refractivity contribution is 0.739. The largest absolute Gasteiger partial charge is 0.260 e. The zero-order valence-corrected chi connectivity index (χ0v) is 23.4. The first-order valence-electron chi connectivity index (χ1n) is 13.1. The van der Waals surface area contributed by atoms with Crippen molar-refractivity contribution in [3.8, 4) is 0 Å². The minimum absolute atomic E-state index is 0.325. The molecule has 0 radical (unpaired) electrons. The molecule has 6 rings (SSSR count). The summed E-state index contributed by atoms with van der Waals surface area (Å²) in [7, 11) is 0. The Morgan fingerprint density at radius 3 is 2.30 bits per heavy atom. The van der Waals surface area contributed by atoms with Crippen LogP contribution in [-0.4, -0.2) is 14.3 Å². The Kier molecular flexibility index (Phi) is 6.51. The summed E-state index contributed by atoms with van der Waals surface area (Å²) in [6.07, 6.45) is 3.92. The Morgan fingerprint density at radius 2 is 1.49 bits per heavy atom. The predicted octanol–water partition coefficient (Wildman–Crippen LogP) is 9.27. The minimum atomic E-state index is 0.325. The van der Waals surface area contributed by atoms with Gasteiger partial charge in [0.1, 0.15) is 0 Å². The van der Waals surface area contributed by atoms with Crippen molar-refractivity contribution in [2.45, 2.75) is 58.3 Å². The van der Waals surface area contributed by atoms with Crippen molar-refractivity contribution in [1.82, 2.24) is 14.3 Å². The number of hydrogen-bond acceptors (Lipinski definition) is 5. The molecule has 3 aromatic heterocycles. The van der Waals surface area contributed by atoms with Gasteiger partial charge < -0.3 is 0 Å². The summed E-state index contributed by atoms with van der Waals surface area (Å²) in [5, 5.41) is 5.04. The van der Waals surface area contributed by atoms with Gasteiger partial charge in [-0.1, -0.05) is 70.2 Å². The van der Waals surface area contributed by atoms with Gasteiger partial charge in [0.15, 0.2) is 0 Å². The summed E-state index contributed by atoms with van der Waals surface area (Å²) in [4.78, 5) is 9.72. The summed E-state index contributed by atoms with van der Waals surface area (Å²) in [6, 6.07) is 24.3. The van der Waals surface area contributed by atoms with E-state index in [9.17, 15) is 0 Å². The molecular weight excluding hydrogens is 491 g/mol. The van der Waals surface area contributed by atoms with Gasteiger partial charge in [-0.25, -0.2) is 4.98 Å². The van der Waals surface area contributed by atoms with Gasteiger partial charge in [-0.3, -0.25) is 4.98 Å². The highest BCUT2D eigenvalue weighted by atomic mass is 32.1. The van der Waals surface area contributed by atoms with Crippen LogP contribution in [0.25, 0.3) is 31.1 Å². The van der Waals surface area contributed by atoms with Crippen LogP contribution in [0.2, 0.25) is 0 Å². The molecule has 3 aromatic carbocycles. The molecule has 0 fully saturated rings. The van der Waals surface area contributed by atoms with Gasteiger partial charge >= 0.3 is 0 Å². The van der Waals surface area contributed by atoms with Crippen LogP contribution in [0.15, 0.2) is 72.9 Å². The minimum Gasteiger partial charge on any atom is -0.260 e. The predicted molar refractivity (Wildman–Crippen MR) is 159 cm³/mol. The standard InChI is InChI=1S/C32H31N3S2/c1-19(2)30-26-12-10-23(18-29(26)37-35-30)15-20(3)31-25-11-9-22(17-24(25)13-14-33-31)16-21(4)32-34-27-7-5-6-8-28(27)36-32/h5-14,17-21H,15-16H2,1-4H3. The normalized spacial score (nSPS) is 13.6. The van der Waals surface area contributed by atoms with Crippen LogP contribution in [0.3, 0.4) is 0 Å². The van der Waals surface area contributed by atoms with Crippen LogP contribution >= 0.6 is 22.9 Å². The monoisotopic (exact) mass is 521 g/mol. The van der Waals surface area contributed by atoms with Crippen molar-refractivity contribution in [3.63, 3.8) is 0 Å². The number of pyridine rings is 1. The second kappa shape index (κ2) is 9.96. The fourth-order valence-electron chi connectivity index (χ4n) is 5.31. The van der Waals surface area contributed by atoms with Crippen LogP contribution in [0.1, 0.15) is 73.0 Å². The Hall–Kier alpha value is -3.15. The van der Waals surface area contributed by atoms with E-state index >= 15 is 0 Å². The molecule has 0 bridgehead atoms. The van der Waals surface area contributed by atoms with Crippen LogP contribution < -0.4 is 0 Å². The molecule has 37 heavy (non-hydrogen) atoms. The molecule has 0 saturated heterocycles. The molecule has 0 amide bonds. The molecular formula is C32H31N3S2. The highest BCUT2D eigenvalue weighted by molar-refractivity contribution is 7.18. The molecule has 0 aliphatic carbocycles. The molecule has 6 aromatic rings. The summed E-state index contributed by atoms with van der Waals surface area (Å²) in [5.41, 5.74) is 6.19. The quantitative estimate of drug-likeness (QED) is 0.210. The van der Waals surface area contributed by atoms with E-state index < -0.39 is 0 Å². The Balaban J connectivity index is 1.22. The summed E-state index contributed by atoms with van der Waals surface area (Å²) < 4.78 is 7.25. The van der Waals surface area contributed by atoms with Crippen molar-refractivity contribution < 1.29 is 0 Å². The maximum Gasteiger partial charge on any atom is 0.0970 e. The molecule has 3 heterocycles. The smallest absolute Gasteiger partial charge is 0.0970 e. The number of hydrogen-bond donors (Lipinski definition) is 0. The highest BCUT2D eigenvalue weighted by Crippen LogP contribution is 2.33. The Labute approximate surface area is 226 Å². The number of nitrogens with zero attached hydrogens (tertiary/aromatic N) is 3. The van der Waals surface area contributed by atoms with Crippen molar-refractivity contribution >= 4 is 53.9 Å². The van der Waals surface area contributed by atoms with Crippen LogP contribution in [0, 0.1) is 0 Å². The van der Waals surface area contributed by atoms with Crippen LogP contribution in [-0.2, 0) is 12.8 Å². The third kappa shape index (κ3) is 4.78. The number of rotatable bonds is 7. The van der Waals surface area contributed by atoms with Crippen molar-refractivity contribution in [3.05, 3.63) is 100 Å². The van der Waals surface area contributed by atoms with Gasteiger partial charge in [0.2, 0.25) is 0 Å². The maximum absolute atomic E-state index is 4.88. The zero-order valence-electron chi connectivity index (χ0n) is 21.7. The van der Waals surface area contributed by atoms with E-state index in [4.69, 9.17) is 14.3 Å². The van der Waals surface area contributed by atoms with E-state index in [2.05, 4.69) is 94.4 Å². The number of para-hydroxylation sites is 1. The lowest BCUT2D eigenvalue weighted by atomic mass is 9.92. The first-order chi connectivity index (χ1) is 18.0. The van der Waals surface area contributed by atoms with Crippen molar-refractivity contribution in [2.75, 3.05) is 0 Å². The summed E-state index contributed by atoms with van der Waals surface area (Å²) in [5.74, 6) is 1.16. The SMILES string of the molecule is CC(C)c1nsc2cc(CC(C)c3nccc4cc(CC(C)c5nc6ccccc6s5)ccc34)ccc12. The van der Waals surface area contributed by atoms with Crippen molar-refractivity contribution in [2.24, 2.45) is 0 Å². The molecule has 0 aliphatic heterocycles. The van der Waals surface area contributed by atoms with E-state index in [0.29, 0.717) is 17.8 Å². The highest BCUT2D eigenvalue weighted by Gasteiger charge is 2.16. The first-order valence-corrected chi connectivity index (χ1v) is 14.7. The fourth-order valence-corrected chi connectivity index (χ4v) is 7.31. The van der Waals surface area contributed by atoms with E-state index in [1.54, 1.807) is 11.5 Å². The average Bonchev–Trinajstić information content (AvgIpc) is 3.52. The topological polar surface area (TPSA) is 38.7 Å². The summed E-state index contributed by atoms with van der Waals surface area (Å²) >= 11 is 3.43. The molecule has 0 spiro atoms. The average molecular weight is 522 g/mol. The third-order valence-corrected chi connectivity index (χ3v) is 9.34. The molecule has 186 valence electrons. The van der Waals surface area contributed by atoms with Crippen molar-refractivity contribution in [1.29, 1.82) is 0 Å². The molecule has 0 N–H and O–H groups in total. The second-order valence-corrected chi connectivity index (χ2v) is 12.4. The zero-order chi connectivity index (χ0) is 25.5. The second-order valence-electron chi connectivity index (χ2n) is 10.5. The van der Waals surface area contributed by atoms with Gasteiger partial charge in [0.05, 0.1) is 31.3 Å². The molecule has 0 aliphatic rings. The number of aromatic nitrogens is 3. The first kappa shape index (κ1) is 24.2. The molecule has 2 atom stereocenters. The maximum atomic E-state index is 4.88. The van der Waals surface area contributed by atoms with E-state index in [-0.39, 0.29) is 0 Å². The van der Waals surface area contributed by atoms with E-state index in [0.717, 1.165) is 18.4 Å². The molecule has 3 nitrogen and oxygen atoms in total. The third-order valence-electron chi connectivity index (χ3n) is 7.25. The fraction of sp³-hybridized carbons (Fsp3) is 0.281. The van der Waals surface area contributed by atoms with E-state index in [1.165, 1.54) is 53.1 Å². The van der Waals surface area contributed by atoms with Gasteiger partial charge in [-0.2, -0.15) is 4.37 Å². The number of benzene rings is 3. The van der Waals surface area contributed by atoms with Gasteiger partial charge in [0.25, 0.3) is 0 Å². The number of fused-ring (bicyclic) bond motifs is 3. The van der Waals surface area contributed by atoms with Crippen LogP contribution in [0.4, 0.5) is 0 Å². The lowest BCUT2D eigenvalue weighted by Crippen LogP contribution is -2.03. The molecule has 0 saturated carbocycles. The van der Waals surface area contributed by atoms with Gasteiger partial charge in [-0.15, -0.1) is 11.3 Å².